The van der Waals surface area contributed by atoms with Gasteiger partial charge in [-0.3, -0.25) is 4.99 Å². The smallest absolute Gasteiger partial charge is 0.119 e. The summed E-state index contributed by atoms with van der Waals surface area (Å²) in [6.45, 7) is 6.32. The highest BCUT2D eigenvalue weighted by Gasteiger charge is 2.23. The monoisotopic (exact) mass is 216 g/mol. The van der Waals surface area contributed by atoms with Gasteiger partial charge >= 0.3 is 0 Å². The summed E-state index contributed by atoms with van der Waals surface area (Å²) in [5.74, 6) is 0.862. The molecule has 0 saturated carbocycles. The van der Waals surface area contributed by atoms with Crippen molar-refractivity contribution < 1.29 is 4.74 Å². The molecule has 1 aliphatic carbocycles. The van der Waals surface area contributed by atoms with E-state index < -0.39 is 0 Å². The number of methoxy groups -OCH3 is 1. The summed E-state index contributed by atoms with van der Waals surface area (Å²) >= 11 is 0. The van der Waals surface area contributed by atoms with Crippen LogP contribution in [0.25, 0.3) is 0 Å². The van der Waals surface area contributed by atoms with E-state index in [-0.39, 0.29) is 11.8 Å². The molecule has 0 fully saturated rings. The minimum atomic E-state index is -0.0126. The van der Waals surface area contributed by atoms with Crippen LogP contribution in [0.1, 0.15) is 6.92 Å². The third-order valence-corrected chi connectivity index (χ3v) is 2.51. The lowest BCUT2D eigenvalue weighted by atomic mass is 9.84. The van der Waals surface area contributed by atoms with E-state index in [0.29, 0.717) is 12.3 Å². The van der Waals surface area contributed by atoms with Crippen LogP contribution in [0.5, 0.6) is 0 Å². The van der Waals surface area contributed by atoms with Gasteiger partial charge in [-0.1, -0.05) is 12.2 Å². The standard InChI is InChI=1S/C13H16N2O/c1-4-10-8-11(16-3)6-7-12(10)13(9-14)15-5-2/h4,6-8,10,12H,1,5H2,2-3H3. The average molecular weight is 216 g/mol. The fourth-order valence-corrected chi connectivity index (χ4v) is 1.69. The Hall–Kier alpha value is -1.82. The van der Waals surface area contributed by atoms with Gasteiger partial charge in [0, 0.05) is 18.4 Å². The first-order valence-corrected chi connectivity index (χ1v) is 5.27. The molecule has 1 rings (SSSR count). The lowest BCUT2D eigenvalue weighted by molar-refractivity contribution is 0.300. The van der Waals surface area contributed by atoms with Crippen LogP contribution in [0.15, 0.2) is 41.6 Å². The molecule has 0 aromatic rings. The summed E-state index contributed by atoms with van der Waals surface area (Å²) in [7, 11) is 1.63. The summed E-state index contributed by atoms with van der Waals surface area (Å²) in [6, 6.07) is 2.15. The van der Waals surface area contributed by atoms with Crippen molar-refractivity contribution >= 4 is 5.71 Å². The van der Waals surface area contributed by atoms with Crippen LogP contribution >= 0.6 is 0 Å². The SMILES string of the molecule is C=CC1C=C(OC)C=CC1C(C#N)=NCC. The normalized spacial score (nSPS) is 24.6. The zero-order chi connectivity index (χ0) is 12.0. The largest absolute Gasteiger partial charge is 0.497 e. The Bertz CT molecular complexity index is 385. The molecule has 0 bridgehead atoms. The third-order valence-electron chi connectivity index (χ3n) is 2.51. The van der Waals surface area contributed by atoms with Crippen LogP contribution in [0, 0.1) is 23.2 Å². The lowest BCUT2D eigenvalue weighted by Gasteiger charge is -2.21. The van der Waals surface area contributed by atoms with Gasteiger partial charge in [0.2, 0.25) is 0 Å². The van der Waals surface area contributed by atoms with Gasteiger partial charge in [-0.15, -0.1) is 6.58 Å². The van der Waals surface area contributed by atoms with Gasteiger partial charge < -0.3 is 4.74 Å². The molecule has 3 nitrogen and oxygen atoms in total. The molecule has 0 radical (unpaired) electrons. The van der Waals surface area contributed by atoms with E-state index in [0.717, 1.165) is 5.76 Å². The number of hydrogen-bond donors (Lipinski definition) is 0. The molecule has 0 saturated heterocycles. The molecular formula is C13H16N2O. The van der Waals surface area contributed by atoms with E-state index in [4.69, 9.17) is 10.00 Å². The molecule has 3 heteroatoms. The highest BCUT2D eigenvalue weighted by atomic mass is 16.5. The number of nitriles is 1. The van der Waals surface area contributed by atoms with Gasteiger partial charge in [-0.05, 0) is 19.1 Å². The van der Waals surface area contributed by atoms with Crippen LogP contribution in [-0.2, 0) is 4.74 Å². The molecule has 84 valence electrons. The van der Waals surface area contributed by atoms with Crippen LogP contribution < -0.4 is 0 Å². The summed E-state index contributed by atoms with van der Waals surface area (Å²) in [4.78, 5) is 4.20. The predicted molar refractivity (Wildman–Crippen MR) is 65.0 cm³/mol. The predicted octanol–water partition coefficient (Wildman–Crippen LogP) is 2.49. The summed E-state index contributed by atoms with van der Waals surface area (Å²) in [6.07, 6.45) is 7.59. The molecule has 0 amide bonds. The maximum absolute atomic E-state index is 9.04. The van der Waals surface area contributed by atoms with Crippen LogP contribution in [-0.4, -0.2) is 19.4 Å². The van der Waals surface area contributed by atoms with Gasteiger partial charge in [0.05, 0.1) is 7.11 Å². The molecule has 0 spiro atoms. The highest BCUT2D eigenvalue weighted by molar-refractivity contribution is 6.02. The maximum atomic E-state index is 9.04. The van der Waals surface area contributed by atoms with Crippen molar-refractivity contribution in [2.24, 2.45) is 16.8 Å². The second kappa shape index (κ2) is 5.92. The number of allylic oxidation sites excluding steroid dienone is 4. The Balaban J connectivity index is 2.96. The van der Waals surface area contributed by atoms with E-state index in [2.05, 4.69) is 17.6 Å². The molecule has 2 unspecified atom stereocenters. The van der Waals surface area contributed by atoms with Crippen molar-refractivity contribution in [3.8, 4) is 6.07 Å². The highest BCUT2D eigenvalue weighted by Crippen LogP contribution is 2.25. The Kier molecular flexibility index (Phi) is 4.53. The van der Waals surface area contributed by atoms with Gasteiger partial charge in [0.1, 0.15) is 17.5 Å². The molecule has 0 aliphatic heterocycles. The third kappa shape index (κ3) is 2.60. The van der Waals surface area contributed by atoms with Gasteiger partial charge in [0.25, 0.3) is 0 Å². The number of aliphatic imine (C=N–C) groups is 1. The summed E-state index contributed by atoms with van der Waals surface area (Å²) in [5, 5.41) is 9.04. The Morgan fingerprint density at radius 1 is 1.75 bits per heavy atom. The molecule has 2 atom stereocenters. The second-order valence-corrected chi connectivity index (χ2v) is 3.44. The van der Waals surface area contributed by atoms with Crippen molar-refractivity contribution in [1.82, 2.24) is 0 Å². The van der Waals surface area contributed by atoms with E-state index in [1.165, 1.54) is 0 Å². The molecule has 16 heavy (non-hydrogen) atoms. The van der Waals surface area contributed by atoms with Crippen molar-refractivity contribution in [3.05, 3.63) is 36.6 Å². The second-order valence-electron chi connectivity index (χ2n) is 3.44. The summed E-state index contributed by atoms with van der Waals surface area (Å²) in [5.41, 5.74) is 0.551. The fourth-order valence-electron chi connectivity index (χ4n) is 1.69. The molecule has 1 aliphatic rings. The fraction of sp³-hybridized carbons (Fsp3) is 0.385. The topological polar surface area (TPSA) is 45.4 Å². The lowest BCUT2D eigenvalue weighted by Crippen LogP contribution is -2.21. The number of hydrogen-bond acceptors (Lipinski definition) is 3. The number of rotatable bonds is 4. The average Bonchev–Trinajstić information content (AvgIpc) is 2.35. The van der Waals surface area contributed by atoms with Crippen molar-refractivity contribution in [2.45, 2.75) is 6.92 Å². The van der Waals surface area contributed by atoms with E-state index in [9.17, 15) is 0 Å². The molecule has 0 aromatic carbocycles. The van der Waals surface area contributed by atoms with Crippen molar-refractivity contribution in [1.29, 1.82) is 5.26 Å². The molecular weight excluding hydrogens is 200 g/mol. The Morgan fingerprint density at radius 2 is 2.50 bits per heavy atom. The molecule has 0 N–H and O–H groups in total. The van der Waals surface area contributed by atoms with E-state index in [1.807, 2.05) is 31.2 Å². The zero-order valence-electron chi connectivity index (χ0n) is 9.68. The van der Waals surface area contributed by atoms with E-state index >= 15 is 0 Å². The van der Waals surface area contributed by atoms with Crippen molar-refractivity contribution in [3.63, 3.8) is 0 Å². The van der Waals surface area contributed by atoms with Crippen LogP contribution in [0.4, 0.5) is 0 Å². The zero-order valence-corrected chi connectivity index (χ0v) is 9.68. The van der Waals surface area contributed by atoms with Crippen LogP contribution in [0.3, 0.4) is 0 Å². The Labute approximate surface area is 96.4 Å². The first-order valence-electron chi connectivity index (χ1n) is 5.27. The molecule has 0 aromatic heterocycles. The maximum Gasteiger partial charge on any atom is 0.119 e. The van der Waals surface area contributed by atoms with E-state index in [1.54, 1.807) is 7.11 Å². The minimum absolute atomic E-state index is 0.0126. The minimum Gasteiger partial charge on any atom is -0.497 e. The van der Waals surface area contributed by atoms with Gasteiger partial charge in [-0.2, -0.15) is 5.26 Å². The quantitative estimate of drug-likeness (QED) is 0.535. The van der Waals surface area contributed by atoms with Crippen molar-refractivity contribution in [2.75, 3.05) is 13.7 Å². The van der Waals surface area contributed by atoms with Gasteiger partial charge in [0.15, 0.2) is 0 Å². The Morgan fingerprint density at radius 3 is 3.00 bits per heavy atom. The number of ether oxygens (including phenoxy) is 1. The summed E-state index contributed by atoms with van der Waals surface area (Å²) < 4.78 is 5.15. The molecule has 0 heterocycles. The van der Waals surface area contributed by atoms with Crippen LogP contribution in [0.2, 0.25) is 0 Å². The van der Waals surface area contributed by atoms with Gasteiger partial charge in [-0.25, -0.2) is 0 Å². The first-order chi connectivity index (χ1) is 7.76. The first kappa shape index (κ1) is 12.3. The number of nitrogens with zero attached hydrogens (tertiary/aromatic N) is 2.